The number of hydrogen-bond acceptors (Lipinski definition) is 2. The highest BCUT2D eigenvalue weighted by molar-refractivity contribution is 5.76. The number of benzene rings is 1. The van der Waals surface area contributed by atoms with Crippen LogP contribution in [0.2, 0.25) is 0 Å². The monoisotopic (exact) mass is 224 g/mol. The van der Waals surface area contributed by atoms with Crippen molar-refractivity contribution < 1.29 is 9.18 Å². The van der Waals surface area contributed by atoms with E-state index in [0.29, 0.717) is 25.9 Å². The van der Waals surface area contributed by atoms with Gasteiger partial charge in [0.05, 0.1) is 0 Å². The number of nitrogens with two attached hydrogens (primary N) is 1. The minimum atomic E-state index is -0.263. The lowest BCUT2D eigenvalue weighted by Gasteiger charge is -2.04. The van der Waals surface area contributed by atoms with E-state index in [1.807, 2.05) is 6.07 Å². The molecule has 0 unspecified atom stereocenters. The molecule has 1 aromatic carbocycles. The zero-order valence-electron chi connectivity index (χ0n) is 9.21. The summed E-state index contributed by atoms with van der Waals surface area (Å²) in [6.07, 6.45) is 1.73. The molecule has 0 spiro atoms. The average molecular weight is 224 g/mol. The van der Waals surface area contributed by atoms with Crippen LogP contribution in [0.3, 0.4) is 0 Å². The maximum atomic E-state index is 12.8. The minimum Gasteiger partial charge on any atom is -0.356 e. The first-order chi connectivity index (χ1) is 7.72. The van der Waals surface area contributed by atoms with Crippen LogP contribution in [0.15, 0.2) is 24.3 Å². The van der Waals surface area contributed by atoms with Gasteiger partial charge in [-0.05, 0) is 37.1 Å². The minimum absolute atomic E-state index is 0.0160. The first kappa shape index (κ1) is 12.6. The summed E-state index contributed by atoms with van der Waals surface area (Å²) in [4.78, 5) is 11.3. The van der Waals surface area contributed by atoms with Gasteiger partial charge in [0.15, 0.2) is 0 Å². The summed E-state index contributed by atoms with van der Waals surface area (Å²) >= 11 is 0. The van der Waals surface area contributed by atoms with Gasteiger partial charge in [-0.1, -0.05) is 12.1 Å². The molecule has 0 radical (unpaired) electrons. The number of aryl methyl sites for hydroxylation is 1. The molecular formula is C12H17FN2O. The Balaban J connectivity index is 2.26. The second kappa shape index (κ2) is 6.95. The van der Waals surface area contributed by atoms with Gasteiger partial charge in [-0.15, -0.1) is 0 Å². The van der Waals surface area contributed by atoms with Gasteiger partial charge in [-0.3, -0.25) is 4.79 Å². The predicted octanol–water partition coefficient (Wildman–Crippen LogP) is 1.22. The summed E-state index contributed by atoms with van der Waals surface area (Å²) in [6, 6.07) is 6.31. The van der Waals surface area contributed by atoms with E-state index >= 15 is 0 Å². The average Bonchev–Trinajstić information content (AvgIpc) is 2.27. The number of amides is 1. The van der Waals surface area contributed by atoms with Crippen molar-refractivity contribution in [1.82, 2.24) is 5.32 Å². The van der Waals surface area contributed by atoms with Crippen LogP contribution in [-0.4, -0.2) is 19.0 Å². The van der Waals surface area contributed by atoms with Crippen molar-refractivity contribution in [2.45, 2.75) is 19.3 Å². The van der Waals surface area contributed by atoms with Crippen molar-refractivity contribution >= 4 is 5.91 Å². The van der Waals surface area contributed by atoms with Crippen LogP contribution in [0.5, 0.6) is 0 Å². The Labute approximate surface area is 94.8 Å². The van der Waals surface area contributed by atoms with E-state index in [9.17, 15) is 9.18 Å². The van der Waals surface area contributed by atoms with Crippen LogP contribution >= 0.6 is 0 Å². The summed E-state index contributed by atoms with van der Waals surface area (Å²) in [5, 5.41) is 2.76. The van der Waals surface area contributed by atoms with Crippen LogP contribution in [0.25, 0.3) is 0 Å². The number of hydrogen-bond donors (Lipinski definition) is 2. The Hall–Kier alpha value is -1.42. The quantitative estimate of drug-likeness (QED) is 0.714. The van der Waals surface area contributed by atoms with E-state index in [2.05, 4.69) is 5.32 Å². The Morgan fingerprint density at radius 2 is 2.25 bits per heavy atom. The smallest absolute Gasteiger partial charge is 0.220 e. The lowest BCUT2D eigenvalue weighted by atomic mass is 10.1. The molecule has 4 heteroatoms. The number of carbonyl (C=O) groups is 1. The van der Waals surface area contributed by atoms with Crippen molar-refractivity contribution in [2.24, 2.45) is 5.73 Å². The molecule has 0 saturated carbocycles. The fourth-order valence-electron chi connectivity index (χ4n) is 1.37. The van der Waals surface area contributed by atoms with Crippen LogP contribution in [0, 0.1) is 5.82 Å². The van der Waals surface area contributed by atoms with E-state index in [-0.39, 0.29) is 11.7 Å². The van der Waals surface area contributed by atoms with E-state index < -0.39 is 0 Å². The summed E-state index contributed by atoms with van der Waals surface area (Å²) in [5.74, 6) is -0.279. The standard InChI is InChI=1S/C12H17FN2O/c13-11-4-1-3-10(9-11)5-6-12(16)15-8-2-7-14/h1,3-4,9H,2,5-8,14H2,(H,15,16). The molecule has 0 heterocycles. The molecule has 16 heavy (non-hydrogen) atoms. The van der Waals surface area contributed by atoms with Crippen molar-refractivity contribution in [3.63, 3.8) is 0 Å². The number of rotatable bonds is 6. The van der Waals surface area contributed by atoms with Gasteiger partial charge in [0.2, 0.25) is 5.91 Å². The molecule has 0 aromatic heterocycles. The van der Waals surface area contributed by atoms with Gasteiger partial charge in [-0.2, -0.15) is 0 Å². The number of halogens is 1. The molecule has 0 aliphatic rings. The molecule has 0 saturated heterocycles. The summed E-state index contributed by atoms with van der Waals surface area (Å²) in [7, 11) is 0. The summed E-state index contributed by atoms with van der Waals surface area (Å²) in [6.45, 7) is 1.18. The Morgan fingerprint density at radius 1 is 1.44 bits per heavy atom. The fourth-order valence-corrected chi connectivity index (χ4v) is 1.37. The molecule has 88 valence electrons. The lowest BCUT2D eigenvalue weighted by Crippen LogP contribution is -2.26. The van der Waals surface area contributed by atoms with Crippen molar-refractivity contribution in [3.05, 3.63) is 35.6 Å². The van der Waals surface area contributed by atoms with E-state index in [1.165, 1.54) is 12.1 Å². The predicted molar refractivity (Wildman–Crippen MR) is 61.4 cm³/mol. The van der Waals surface area contributed by atoms with Gasteiger partial charge in [0.25, 0.3) is 0 Å². The van der Waals surface area contributed by atoms with Gasteiger partial charge < -0.3 is 11.1 Å². The second-order valence-corrected chi connectivity index (χ2v) is 3.62. The third kappa shape index (κ3) is 4.89. The molecule has 0 aliphatic heterocycles. The third-order valence-electron chi connectivity index (χ3n) is 2.23. The molecule has 1 amide bonds. The molecule has 3 N–H and O–H groups in total. The third-order valence-corrected chi connectivity index (χ3v) is 2.23. The SMILES string of the molecule is NCCCNC(=O)CCc1cccc(F)c1. The first-order valence-electron chi connectivity index (χ1n) is 5.43. The van der Waals surface area contributed by atoms with Crippen molar-refractivity contribution in [2.75, 3.05) is 13.1 Å². The highest BCUT2D eigenvalue weighted by atomic mass is 19.1. The normalized spacial score (nSPS) is 10.1. The zero-order chi connectivity index (χ0) is 11.8. The highest BCUT2D eigenvalue weighted by Gasteiger charge is 2.01. The van der Waals surface area contributed by atoms with Gasteiger partial charge in [0, 0.05) is 13.0 Å². The Kier molecular flexibility index (Phi) is 5.50. The largest absolute Gasteiger partial charge is 0.356 e. The number of carbonyl (C=O) groups excluding carboxylic acids is 1. The van der Waals surface area contributed by atoms with E-state index in [0.717, 1.165) is 12.0 Å². The molecule has 1 rings (SSSR count). The van der Waals surface area contributed by atoms with Crippen LogP contribution < -0.4 is 11.1 Å². The first-order valence-corrected chi connectivity index (χ1v) is 5.43. The molecule has 3 nitrogen and oxygen atoms in total. The van der Waals surface area contributed by atoms with Crippen LogP contribution in [-0.2, 0) is 11.2 Å². The topological polar surface area (TPSA) is 55.1 Å². The maximum absolute atomic E-state index is 12.8. The zero-order valence-corrected chi connectivity index (χ0v) is 9.21. The fraction of sp³-hybridized carbons (Fsp3) is 0.417. The Morgan fingerprint density at radius 3 is 2.94 bits per heavy atom. The molecule has 0 bridgehead atoms. The highest BCUT2D eigenvalue weighted by Crippen LogP contribution is 2.05. The van der Waals surface area contributed by atoms with E-state index in [4.69, 9.17) is 5.73 Å². The second-order valence-electron chi connectivity index (χ2n) is 3.62. The molecule has 0 fully saturated rings. The van der Waals surface area contributed by atoms with Crippen molar-refractivity contribution in [1.29, 1.82) is 0 Å². The van der Waals surface area contributed by atoms with Gasteiger partial charge in [0.1, 0.15) is 5.82 Å². The summed E-state index contributed by atoms with van der Waals surface area (Å²) < 4.78 is 12.8. The molecule has 0 atom stereocenters. The molecule has 1 aromatic rings. The van der Waals surface area contributed by atoms with Crippen LogP contribution in [0.4, 0.5) is 4.39 Å². The maximum Gasteiger partial charge on any atom is 0.220 e. The van der Waals surface area contributed by atoms with Gasteiger partial charge >= 0.3 is 0 Å². The van der Waals surface area contributed by atoms with E-state index in [1.54, 1.807) is 6.07 Å². The molecular weight excluding hydrogens is 207 g/mol. The van der Waals surface area contributed by atoms with Crippen molar-refractivity contribution in [3.8, 4) is 0 Å². The molecule has 0 aliphatic carbocycles. The van der Waals surface area contributed by atoms with Gasteiger partial charge in [-0.25, -0.2) is 4.39 Å². The lowest BCUT2D eigenvalue weighted by molar-refractivity contribution is -0.121. The number of nitrogens with one attached hydrogen (secondary N) is 1. The summed E-state index contributed by atoms with van der Waals surface area (Å²) in [5.41, 5.74) is 6.15. The Bertz CT molecular complexity index is 342. The van der Waals surface area contributed by atoms with Crippen LogP contribution in [0.1, 0.15) is 18.4 Å².